The molecule has 4 heteroatoms. The molecule has 1 N–H and O–H groups in total. The highest BCUT2D eigenvalue weighted by molar-refractivity contribution is 6.05. The van der Waals surface area contributed by atoms with E-state index in [1.165, 1.54) is 7.11 Å². The number of carbonyl (C=O) groups is 2. The van der Waals surface area contributed by atoms with E-state index in [-0.39, 0.29) is 18.8 Å². The number of carbonyl (C=O) groups excluding carboxylic acids is 2. The first-order chi connectivity index (χ1) is 7.17. The molecule has 1 aromatic carbocycles. The number of benzene rings is 1. The first-order valence-electron chi connectivity index (χ1n) is 4.47. The van der Waals surface area contributed by atoms with Gasteiger partial charge in [-0.05, 0) is 5.56 Å². The predicted octanol–water partition coefficient (Wildman–Crippen LogP) is 0.925. The zero-order valence-electron chi connectivity index (χ0n) is 8.40. The van der Waals surface area contributed by atoms with Gasteiger partial charge in [0.15, 0.2) is 5.78 Å². The topological polar surface area (TPSA) is 63.6 Å². The van der Waals surface area contributed by atoms with Crippen LogP contribution in [-0.4, -0.2) is 24.0 Å². The van der Waals surface area contributed by atoms with E-state index in [2.05, 4.69) is 4.74 Å². The van der Waals surface area contributed by atoms with Gasteiger partial charge in [-0.3, -0.25) is 9.59 Å². The fourth-order valence-corrected chi connectivity index (χ4v) is 1.10. The molecule has 0 fully saturated rings. The van der Waals surface area contributed by atoms with Crippen LogP contribution in [0.25, 0.3) is 0 Å². The van der Waals surface area contributed by atoms with Crippen LogP contribution in [0.15, 0.2) is 24.3 Å². The molecule has 0 heterocycles. The number of methoxy groups -OCH3 is 1. The first-order valence-corrected chi connectivity index (χ1v) is 4.47. The lowest BCUT2D eigenvalue weighted by Crippen LogP contribution is -2.09. The van der Waals surface area contributed by atoms with Crippen LogP contribution in [0.2, 0.25) is 0 Å². The number of aliphatic hydroxyl groups excluding tert-OH is 1. The number of hydrogen-bond acceptors (Lipinski definition) is 4. The quantitative estimate of drug-likeness (QED) is 0.454. The minimum Gasteiger partial charge on any atom is -0.469 e. The zero-order chi connectivity index (χ0) is 11.3. The molecule has 0 saturated heterocycles. The summed E-state index contributed by atoms with van der Waals surface area (Å²) in [4.78, 5) is 22.3. The van der Waals surface area contributed by atoms with Crippen molar-refractivity contribution in [1.82, 2.24) is 0 Å². The number of ether oxygens (including phenoxy) is 1. The summed E-state index contributed by atoms with van der Waals surface area (Å²) in [5.41, 5.74) is 1.17. The van der Waals surface area contributed by atoms with Gasteiger partial charge in [0.1, 0.15) is 6.42 Å². The third-order valence-electron chi connectivity index (χ3n) is 1.99. The van der Waals surface area contributed by atoms with Crippen LogP contribution in [0, 0.1) is 0 Å². The second-order valence-electron chi connectivity index (χ2n) is 3.03. The Bertz CT molecular complexity index is 353. The van der Waals surface area contributed by atoms with Crippen LogP contribution in [0.1, 0.15) is 22.3 Å². The Morgan fingerprint density at radius 2 is 1.87 bits per heavy atom. The summed E-state index contributed by atoms with van der Waals surface area (Å²) in [6, 6.07) is 6.45. The molecule has 0 amide bonds. The summed E-state index contributed by atoms with van der Waals surface area (Å²) in [7, 11) is 1.24. The summed E-state index contributed by atoms with van der Waals surface area (Å²) < 4.78 is 4.39. The fraction of sp³-hybridized carbons (Fsp3) is 0.273. The highest BCUT2D eigenvalue weighted by Gasteiger charge is 2.11. The van der Waals surface area contributed by atoms with Gasteiger partial charge in [-0.25, -0.2) is 0 Å². The second-order valence-corrected chi connectivity index (χ2v) is 3.03. The number of esters is 1. The van der Waals surface area contributed by atoms with Gasteiger partial charge in [0.25, 0.3) is 0 Å². The minimum absolute atomic E-state index is 0.0640. The Kier molecular flexibility index (Phi) is 4.00. The van der Waals surface area contributed by atoms with Gasteiger partial charge in [0, 0.05) is 5.56 Å². The molecule has 0 aliphatic rings. The van der Waals surface area contributed by atoms with E-state index in [4.69, 9.17) is 5.11 Å². The molecule has 0 aliphatic heterocycles. The van der Waals surface area contributed by atoms with E-state index in [1.54, 1.807) is 24.3 Å². The van der Waals surface area contributed by atoms with Gasteiger partial charge in [-0.2, -0.15) is 0 Å². The lowest BCUT2D eigenvalue weighted by atomic mass is 10.1. The molecule has 80 valence electrons. The molecule has 0 radical (unpaired) electrons. The molecule has 0 bridgehead atoms. The van der Waals surface area contributed by atoms with Gasteiger partial charge in [0.2, 0.25) is 0 Å². The van der Waals surface area contributed by atoms with Crippen molar-refractivity contribution in [3.63, 3.8) is 0 Å². The Balaban J connectivity index is 2.70. The first kappa shape index (κ1) is 11.4. The molecular formula is C11H12O4. The number of ketones is 1. The zero-order valence-corrected chi connectivity index (χ0v) is 8.40. The number of hydrogen-bond donors (Lipinski definition) is 1. The van der Waals surface area contributed by atoms with Crippen molar-refractivity contribution >= 4 is 11.8 Å². The van der Waals surface area contributed by atoms with Crippen molar-refractivity contribution in [2.24, 2.45) is 0 Å². The summed E-state index contributed by atoms with van der Waals surface area (Å²) in [5, 5.41) is 8.79. The second kappa shape index (κ2) is 5.26. The standard InChI is InChI=1S/C11H12O4/c1-15-11(14)6-10(13)9-4-2-8(7-12)3-5-9/h2-5,12H,6-7H2,1H3. The Labute approximate surface area is 87.5 Å². The van der Waals surface area contributed by atoms with Crippen LogP contribution < -0.4 is 0 Å². The molecule has 0 saturated carbocycles. The molecule has 1 rings (SSSR count). The van der Waals surface area contributed by atoms with E-state index in [0.29, 0.717) is 5.56 Å². The van der Waals surface area contributed by atoms with Crippen molar-refractivity contribution in [2.45, 2.75) is 13.0 Å². The third kappa shape index (κ3) is 3.18. The van der Waals surface area contributed by atoms with E-state index < -0.39 is 5.97 Å². The van der Waals surface area contributed by atoms with E-state index in [9.17, 15) is 9.59 Å². The van der Waals surface area contributed by atoms with Crippen molar-refractivity contribution in [2.75, 3.05) is 7.11 Å². The highest BCUT2D eigenvalue weighted by atomic mass is 16.5. The van der Waals surface area contributed by atoms with Crippen LogP contribution in [0.4, 0.5) is 0 Å². The van der Waals surface area contributed by atoms with Gasteiger partial charge in [-0.1, -0.05) is 24.3 Å². The number of Topliss-reactive ketones (excluding diaryl/α,β-unsaturated/α-hetero) is 1. The molecule has 0 spiro atoms. The van der Waals surface area contributed by atoms with Crippen LogP contribution >= 0.6 is 0 Å². The third-order valence-corrected chi connectivity index (χ3v) is 1.99. The SMILES string of the molecule is COC(=O)CC(=O)c1ccc(CO)cc1. The average molecular weight is 208 g/mol. The molecule has 0 unspecified atom stereocenters. The maximum absolute atomic E-state index is 11.5. The van der Waals surface area contributed by atoms with Crippen LogP contribution in [-0.2, 0) is 16.1 Å². The Hall–Kier alpha value is -1.68. The smallest absolute Gasteiger partial charge is 0.313 e. The maximum atomic E-state index is 11.5. The minimum atomic E-state index is -0.550. The molecular weight excluding hydrogens is 196 g/mol. The van der Waals surface area contributed by atoms with Crippen molar-refractivity contribution in [1.29, 1.82) is 0 Å². The van der Waals surface area contributed by atoms with Gasteiger partial charge in [0.05, 0.1) is 13.7 Å². The lowest BCUT2D eigenvalue weighted by Gasteiger charge is -2.01. The van der Waals surface area contributed by atoms with Gasteiger partial charge < -0.3 is 9.84 Å². The summed E-state index contributed by atoms with van der Waals surface area (Å²) in [6.45, 7) is -0.0640. The van der Waals surface area contributed by atoms with Gasteiger partial charge >= 0.3 is 5.97 Å². The number of rotatable bonds is 4. The van der Waals surface area contributed by atoms with Crippen molar-refractivity contribution < 1.29 is 19.4 Å². The largest absolute Gasteiger partial charge is 0.469 e. The van der Waals surface area contributed by atoms with E-state index in [0.717, 1.165) is 5.56 Å². The average Bonchev–Trinajstić information content (AvgIpc) is 2.29. The molecule has 1 aromatic rings. The predicted molar refractivity (Wildman–Crippen MR) is 53.3 cm³/mol. The molecule has 0 aliphatic carbocycles. The van der Waals surface area contributed by atoms with E-state index in [1.807, 2.05) is 0 Å². The fourth-order valence-electron chi connectivity index (χ4n) is 1.10. The normalized spacial score (nSPS) is 9.73. The van der Waals surface area contributed by atoms with Crippen LogP contribution in [0.3, 0.4) is 0 Å². The lowest BCUT2D eigenvalue weighted by molar-refractivity contribution is -0.139. The van der Waals surface area contributed by atoms with Gasteiger partial charge in [-0.15, -0.1) is 0 Å². The van der Waals surface area contributed by atoms with Crippen molar-refractivity contribution in [3.05, 3.63) is 35.4 Å². The Morgan fingerprint density at radius 1 is 1.27 bits per heavy atom. The monoisotopic (exact) mass is 208 g/mol. The van der Waals surface area contributed by atoms with Crippen LogP contribution in [0.5, 0.6) is 0 Å². The molecule has 0 atom stereocenters. The Morgan fingerprint density at radius 3 is 2.33 bits per heavy atom. The summed E-state index contributed by atoms with van der Waals surface area (Å²) in [5.74, 6) is -0.836. The molecule has 0 aromatic heterocycles. The molecule has 4 nitrogen and oxygen atoms in total. The van der Waals surface area contributed by atoms with E-state index >= 15 is 0 Å². The van der Waals surface area contributed by atoms with Crippen molar-refractivity contribution in [3.8, 4) is 0 Å². The number of aliphatic hydroxyl groups is 1. The summed E-state index contributed by atoms with van der Waals surface area (Å²) >= 11 is 0. The highest BCUT2D eigenvalue weighted by Crippen LogP contribution is 2.07. The maximum Gasteiger partial charge on any atom is 0.313 e. The molecule has 15 heavy (non-hydrogen) atoms. The summed E-state index contributed by atoms with van der Waals surface area (Å²) in [6.07, 6.45) is -0.255.